The van der Waals surface area contributed by atoms with Crippen LogP contribution in [0.3, 0.4) is 0 Å². The first-order valence-electron chi connectivity index (χ1n) is 11.5. The van der Waals surface area contributed by atoms with Gasteiger partial charge in [0.1, 0.15) is 0 Å². The number of aromatic nitrogens is 1. The number of rotatable bonds is 6. The van der Waals surface area contributed by atoms with Crippen LogP contribution >= 0.6 is 11.3 Å². The molecule has 0 aliphatic carbocycles. The predicted molar refractivity (Wildman–Crippen MR) is 130 cm³/mol. The van der Waals surface area contributed by atoms with E-state index >= 15 is 0 Å². The van der Waals surface area contributed by atoms with E-state index in [1.54, 1.807) is 12.1 Å². The van der Waals surface area contributed by atoms with Gasteiger partial charge in [0.05, 0.1) is 18.2 Å². The molecular formula is C26H26F3N3O3S. The van der Waals surface area contributed by atoms with E-state index < -0.39 is 17.6 Å². The van der Waals surface area contributed by atoms with Crippen LogP contribution in [0, 0.1) is 13.8 Å². The number of amides is 2. The lowest BCUT2D eigenvalue weighted by Crippen LogP contribution is -2.31. The van der Waals surface area contributed by atoms with Crippen molar-refractivity contribution < 1.29 is 27.5 Å². The molecule has 1 saturated heterocycles. The molecule has 1 atom stereocenters. The number of ether oxygens (including phenoxy) is 1. The molecule has 4 rings (SSSR count). The van der Waals surface area contributed by atoms with E-state index in [4.69, 9.17) is 4.74 Å². The van der Waals surface area contributed by atoms with Crippen molar-refractivity contribution in [3.05, 3.63) is 86.2 Å². The van der Waals surface area contributed by atoms with E-state index in [2.05, 4.69) is 10.3 Å². The van der Waals surface area contributed by atoms with Gasteiger partial charge in [-0.3, -0.25) is 9.59 Å². The van der Waals surface area contributed by atoms with Gasteiger partial charge in [0.25, 0.3) is 11.8 Å². The van der Waals surface area contributed by atoms with Gasteiger partial charge in [-0.2, -0.15) is 18.2 Å². The molecule has 0 unspecified atom stereocenters. The van der Waals surface area contributed by atoms with Crippen molar-refractivity contribution in [2.75, 3.05) is 13.2 Å². The molecule has 10 heteroatoms. The minimum atomic E-state index is -4.54. The van der Waals surface area contributed by atoms with Crippen LogP contribution < -0.4 is 10.1 Å². The largest absolute Gasteiger partial charge is 0.416 e. The lowest BCUT2D eigenvalue weighted by atomic mass is 10.1. The van der Waals surface area contributed by atoms with Gasteiger partial charge in [-0.1, -0.05) is 18.2 Å². The molecule has 0 saturated carbocycles. The van der Waals surface area contributed by atoms with Crippen LogP contribution in [-0.2, 0) is 17.5 Å². The van der Waals surface area contributed by atoms with Crippen LogP contribution in [0.4, 0.5) is 13.2 Å². The molecule has 3 aromatic rings. The third-order valence-electron chi connectivity index (χ3n) is 6.09. The molecule has 0 radical (unpaired) electrons. The standard InChI is InChI=1S/C26H26F3N3O3S/c1-16-17(2)36-25(31-24(34)20-5-3-6-21(13-20)26(27,28)29)32(16)15-18-8-10-19(11-9-18)23(33)30-14-22-7-4-12-35-22/h3,5-6,8-11,13,22H,4,7,12,14-15H2,1-2H3,(H,30,33)/t22-/m0/s1. The highest BCUT2D eigenvalue weighted by Crippen LogP contribution is 2.29. The molecule has 1 fully saturated rings. The number of alkyl halides is 3. The predicted octanol–water partition coefficient (Wildman–Crippen LogP) is 4.88. The van der Waals surface area contributed by atoms with Crippen molar-refractivity contribution in [2.45, 2.75) is 45.5 Å². The lowest BCUT2D eigenvalue weighted by molar-refractivity contribution is -0.137. The van der Waals surface area contributed by atoms with Crippen molar-refractivity contribution in [3.63, 3.8) is 0 Å². The van der Waals surface area contributed by atoms with Crippen molar-refractivity contribution >= 4 is 23.2 Å². The second kappa shape index (κ2) is 10.8. The van der Waals surface area contributed by atoms with Gasteiger partial charge in [-0.05, 0) is 62.6 Å². The topological polar surface area (TPSA) is 72.7 Å². The maximum absolute atomic E-state index is 13.0. The average Bonchev–Trinajstić information content (AvgIpc) is 3.47. The molecule has 2 heterocycles. The Hall–Kier alpha value is -3.24. The SMILES string of the molecule is Cc1sc(=NC(=O)c2cccc(C(F)(F)F)c2)n(Cc2ccc(C(=O)NC[C@@H]3CCCO3)cc2)c1C. The van der Waals surface area contributed by atoms with E-state index in [-0.39, 0.29) is 17.6 Å². The number of hydrogen-bond acceptors (Lipinski definition) is 4. The average molecular weight is 518 g/mol. The van der Waals surface area contributed by atoms with Gasteiger partial charge in [0, 0.05) is 34.8 Å². The highest BCUT2D eigenvalue weighted by molar-refractivity contribution is 7.09. The maximum atomic E-state index is 13.0. The fourth-order valence-corrected chi connectivity index (χ4v) is 4.88. The minimum absolute atomic E-state index is 0.0650. The van der Waals surface area contributed by atoms with E-state index in [0.717, 1.165) is 47.7 Å². The van der Waals surface area contributed by atoms with Crippen LogP contribution in [-0.4, -0.2) is 35.6 Å². The third kappa shape index (κ3) is 6.11. The first-order chi connectivity index (χ1) is 17.1. The van der Waals surface area contributed by atoms with Gasteiger partial charge in [0.15, 0.2) is 4.80 Å². The Kier molecular flexibility index (Phi) is 7.75. The van der Waals surface area contributed by atoms with Gasteiger partial charge >= 0.3 is 6.18 Å². The molecule has 6 nitrogen and oxygen atoms in total. The summed E-state index contributed by atoms with van der Waals surface area (Å²) in [4.78, 5) is 30.6. The fourth-order valence-electron chi connectivity index (χ4n) is 3.91. The number of thiazole rings is 1. The smallest absolute Gasteiger partial charge is 0.376 e. The Labute approximate surface area is 210 Å². The number of benzene rings is 2. The molecule has 0 spiro atoms. The Balaban J connectivity index is 1.51. The van der Waals surface area contributed by atoms with Crippen LogP contribution in [0.5, 0.6) is 0 Å². The fraction of sp³-hybridized carbons (Fsp3) is 0.346. The maximum Gasteiger partial charge on any atom is 0.416 e. The summed E-state index contributed by atoms with van der Waals surface area (Å²) in [7, 11) is 0. The van der Waals surface area contributed by atoms with Crippen LogP contribution in [0.15, 0.2) is 53.5 Å². The van der Waals surface area contributed by atoms with Gasteiger partial charge < -0.3 is 14.6 Å². The third-order valence-corrected chi connectivity index (χ3v) is 7.19. The van der Waals surface area contributed by atoms with Crippen molar-refractivity contribution in [1.82, 2.24) is 9.88 Å². The molecule has 1 aromatic heterocycles. The number of aryl methyl sites for hydroxylation is 1. The highest BCUT2D eigenvalue weighted by Gasteiger charge is 2.31. The number of carbonyl (C=O) groups is 2. The zero-order chi connectivity index (χ0) is 25.9. The van der Waals surface area contributed by atoms with Crippen molar-refractivity contribution in [2.24, 2.45) is 4.99 Å². The summed E-state index contributed by atoms with van der Waals surface area (Å²) in [5.74, 6) is -0.913. The number of nitrogens with one attached hydrogen (secondary N) is 1. The Morgan fingerprint density at radius 2 is 1.89 bits per heavy atom. The van der Waals surface area contributed by atoms with Crippen LogP contribution in [0.2, 0.25) is 0 Å². The highest BCUT2D eigenvalue weighted by atomic mass is 32.1. The summed E-state index contributed by atoms with van der Waals surface area (Å²) in [6, 6.07) is 11.4. The van der Waals surface area contributed by atoms with Gasteiger partial charge in [0.2, 0.25) is 0 Å². The number of carbonyl (C=O) groups excluding carboxylic acids is 2. The summed E-state index contributed by atoms with van der Waals surface area (Å²) in [6.07, 6.45) is -2.52. The number of halogens is 3. The number of hydrogen-bond donors (Lipinski definition) is 1. The first kappa shape index (κ1) is 25.8. The van der Waals surface area contributed by atoms with Crippen LogP contribution in [0.1, 0.15) is 55.3 Å². The first-order valence-corrected chi connectivity index (χ1v) is 12.4. The van der Waals surface area contributed by atoms with Gasteiger partial charge in [-0.25, -0.2) is 0 Å². The summed E-state index contributed by atoms with van der Waals surface area (Å²) in [5, 5.41) is 2.89. The van der Waals surface area contributed by atoms with E-state index in [1.165, 1.54) is 23.5 Å². The van der Waals surface area contributed by atoms with E-state index in [9.17, 15) is 22.8 Å². The molecule has 1 N–H and O–H groups in total. The van der Waals surface area contributed by atoms with Crippen molar-refractivity contribution in [3.8, 4) is 0 Å². The van der Waals surface area contributed by atoms with Crippen LogP contribution in [0.25, 0.3) is 0 Å². The molecule has 2 aromatic carbocycles. The quantitative estimate of drug-likeness (QED) is 0.507. The van der Waals surface area contributed by atoms with Crippen molar-refractivity contribution in [1.29, 1.82) is 0 Å². The lowest BCUT2D eigenvalue weighted by Gasteiger charge is -2.11. The minimum Gasteiger partial charge on any atom is -0.376 e. The van der Waals surface area contributed by atoms with E-state index in [0.29, 0.717) is 23.5 Å². The molecule has 2 amide bonds. The summed E-state index contributed by atoms with van der Waals surface area (Å²) >= 11 is 1.30. The number of nitrogens with zero attached hydrogens (tertiary/aromatic N) is 2. The Bertz CT molecular complexity index is 1320. The van der Waals surface area contributed by atoms with Gasteiger partial charge in [-0.15, -0.1) is 11.3 Å². The van der Waals surface area contributed by atoms with E-state index in [1.807, 2.05) is 30.5 Å². The molecule has 0 bridgehead atoms. The second-order valence-corrected chi connectivity index (χ2v) is 9.83. The monoisotopic (exact) mass is 517 g/mol. The Morgan fingerprint density at radius 3 is 2.56 bits per heavy atom. The zero-order valence-electron chi connectivity index (χ0n) is 19.9. The molecular weight excluding hydrogens is 491 g/mol. The summed E-state index contributed by atoms with van der Waals surface area (Å²) in [5.41, 5.74) is 1.30. The molecule has 1 aliphatic heterocycles. The second-order valence-electron chi connectivity index (χ2n) is 8.65. The zero-order valence-corrected chi connectivity index (χ0v) is 20.7. The molecule has 190 valence electrons. The normalized spacial score (nSPS) is 16.4. The molecule has 1 aliphatic rings. The molecule has 36 heavy (non-hydrogen) atoms. The Morgan fingerprint density at radius 1 is 1.14 bits per heavy atom. The summed E-state index contributed by atoms with van der Waals surface area (Å²) < 4.78 is 46.5. The summed E-state index contributed by atoms with van der Waals surface area (Å²) in [6.45, 7) is 5.39.